The maximum atomic E-state index is 12.7. The summed E-state index contributed by atoms with van der Waals surface area (Å²) >= 11 is 0. The fourth-order valence-corrected chi connectivity index (χ4v) is 1.93. The minimum Gasteiger partial charge on any atom is -0.494 e. The first-order valence-corrected chi connectivity index (χ1v) is 6.85. The number of carbonyl (C=O) groups is 1. The van der Waals surface area contributed by atoms with Crippen LogP contribution in [-0.4, -0.2) is 29.8 Å². The van der Waals surface area contributed by atoms with Crippen molar-refractivity contribution in [1.29, 1.82) is 0 Å². The molecule has 1 aromatic rings. The van der Waals surface area contributed by atoms with Crippen LogP contribution < -0.4 is 10.1 Å². The fraction of sp³-hybridized carbons (Fsp3) is 0.533. The van der Waals surface area contributed by atoms with Crippen LogP contribution in [0.15, 0.2) is 24.3 Å². The summed E-state index contributed by atoms with van der Waals surface area (Å²) in [5.74, 6) is -0.518. The van der Waals surface area contributed by atoms with Crippen LogP contribution in [0.1, 0.15) is 33.1 Å². The van der Waals surface area contributed by atoms with E-state index in [-0.39, 0.29) is 5.82 Å². The van der Waals surface area contributed by atoms with Gasteiger partial charge in [-0.2, -0.15) is 0 Å². The lowest BCUT2D eigenvalue weighted by atomic mass is 9.96. The Kier molecular flexibility index (Phi) is 6.45. The highest BCUT2D eigenvalue weighted by atomic mass is 19.1. The van der Waals surface area contributed by atoms with Crippen LogP contribution in [0.25, 0.3) is 0 Å². The van der Waals surface area contributed by atoms with E-state index in [2.05, 4.69) is 5.32 Å². The lowest BCUT2D eigenvalue weighted by Crippen LogP contribution is -2.49. The van der Waals surface area contributed by atoms with Crippen molar-refractivity contribution in [2.45, 2.75) is 38.6 Å². The van der Waals surface area contributed by atoms with Crippen molar-refractivity contribution in [3.63, 3.8) is 0 Å². The summed E-state index contributed by atoms with van der Waals surface area (Å²) in [5, 5.41) is 12.2. The molecular formula is C15H22FNO3. The summed E-state index contributed by atoms with van der Waals surface area (Å²) in [5.41, 5.74) is -0.884. The molecule has 112 valence electrons. The molecule has 0 aliphatic rings. The number of rotatable bonds is 9. The van der Waals surface area contributed by atoms with Gasteiger partial charge in [0.2, 0.25) is 0 Å². The molecular weight excluding hydrogens is 261 g/mol. The van der Waals surface area contributed by atoms with Crippen LogP contribution in [-0.2, 0) is 4.79 Å². The van der Waals surface area contributed by atoms with E-state index in [4.69, 9.17) is 4.74 Å². The molecule has 0 heterocycles. The van der Waals surface area contributed by atoms with Crippen molar-refractivity contribution in [3.8, 4) is 5.75 Å². The summed E-state index contributed by atoms with van der Waals surface area (Å²) in [7, 11) is 0. The fourth-order valence-electron chi connectivity index (χ4n) is 1.93. The van der Waals surface area contributed by atoms with E-state index in [0.29, 0.717) is 31.7 Å². The lowest BCUT2D eigenvalue weighted by molar-refractivity contribution is -0.144. The molecule has 0 aliphatic carbocycles. The number of hydrogen-bond donors (Lipinski definition) is 2. The topological polar surface area (TPSA) is 58.6 Å². The van der Waals surface area contributed by atoms with Gasteiger partial charge < -0.3 is 15.2 Å². The van der Waals surface area contributed by atoms with Gasteiger partial charge in [-0.1, -0.05) is 13.3 Å². The Hall–Kier alpha value is -1.62. The molecule has 4 nitrogen and oxygen atoms in total. The van der Waals surface area contributed by atoms with Crippen molar-refractivity contribution in [1.82, 2.24) is 5.32 Å². The van der Waals surface area contributed by atoms with Crippen molar-refractivity contribution in [2.24, 2.45) is 0 Å². The van der Waals surface area contributed by atoms with Crippen molar-refractivity contribution >= 4 is 5.97 Å². The van der Waals surface area contributed by atoms with Gasteiger partial charge in [0.15, 0.2) is 0 Å². The molecule has 0 aromatic heterocycles. The molecule has 5 heteroatoms. The maximum absolute atomic E-state index is 12.7. The van der Waals surface area contributed by atoms with Crippen LogP contribution in [0.3, 0.4) is 0 Å². The molecule has 0 radical (unpaired) electrons. The molecule has 20 heavy (non-hydrogen) atoms. The number of hydrogen-bond acceptors (Lipinski definition) is 3. The molecule has 2 N–H and O–H groups in total. The first-order valence-electron chi connectivity index (χ1n) is 6.85. The van der Waals surface area contributed by atoms with E-state index in [0.717, 1.165) is 6.42 Å². The molecule has 0 bridgehead atoms. The average molecular weight is 283 g/mol. The summed E-state index contributed by atoms with van der Waals surface area (Å²) in [6, 6.07) is 5.83. The molecule has 0 saturated carbocycles. The predicted molar refractivity (Wildman–Crippen MR) is 75.5 cm³/mol. The Morgan fingerprint density at radius 3 is 2.60 bits per heavy atom. The van der Waals surface area contributed by atoms with Crippen molar-refractivity contribution in [2.75, 3.05) is 13.2 Å². The van der Waals surface area contributed by atoms with E-state index >= 15 is 0 Å². The van der Waals surface area contributed by atoms with E-state index in [1.165, 1.54) is 12.1 Å². The molecule has 0 saturated heterocycles. The van der Waals surface area contributed by atoms with Crippen LogP contribution in [0.4, 0.5) is 4.39 Å². The van der Waals surface area contributed by atoms with E-state index in [9.17, 15) is 14.3 Å². The van der Waals surface area contributed by atoms with Crippen LogP contribution in [0.5, 0.6) is 5.75 Å². The minimum atomic E-state index is -0.884. The molecule has 0 aliphatic heterocycles. The maximum Gasteiger partial charge on any atom is 0.323 e. The Labute approximate surface area is 119 Å². The molecule has 1 unspecified atom stereocenters. The highest BCUT2D eigenvalue weighted by Crippen LogP contribution is 2.13. The van der Waals surface area contributed by atoms with Gasteiger partial charge in [0, 0.05) is 0 Å². The smallest absolute Gasteiger partial charge is 0.323 e. The first-order chi connectivity index (χ1) is 9.48. The largest absolute Gasteiger partial charge is 0.494 e. The van der Waals surface area contributed by atoms with Crippen molar-refractivity contribution < 1.29 is 19.0 Å². The number of carboxylic acid groups (broad SMARTS) is 1. The first kappa shape index (κ1) is 16.4. The third-order valence-electron chi connectivity index (χ3n) is 3.14. The Bertz CT molecular complexity index is 422. The molecule has 1 rings (SSSR count). The third-order valence-corrected chi connectivity index (χ3v) is 3.14. The molecule has 0 fully saturated rings. The average Bonchev–Trinajstić information content (AvgIpc) is 2.40. The Balaban J connectivity index is 2.27. The molecule has 0 spiro atoms. The monoisotopic (exact) mass is 283 g/mol. The molecule has 1 atom stereocenters. The lowest BCUT2D eigenvalue weighted by Gasteiger charge is -2.25. The van der Waals surface area contributed by atoms with Gasteiger partial charge in [-0.15, -0.1) is 0 Å². The zero-order valence-electron chi connectivity index (χ0n) is 12.0. The summed E-state index contributed by atoms with van der Waals surface area (Å²) in [6.45, 7) is 4.67. The number of carboxylic acids is 1. The number of ether oxygens (including phenoxy) is 1. The highest BCUT2D eigenvalue weighted by molar-refractivity contribution is 5.78. The number of aliphatic carboxylic acids is 1. The Morgan fingerprint density at radius 2 is 2.05 bits per heavy atom. The zero-order chi connectivity index (χ0) is 15.0. The minimum absolute atomic E-state index is 0.296. The third kappa shape index (κ3) is 5.17. The summed E-state index contributed by atoms with van der Waals surface area (Å²) in [6.07, 6.45) is 2.08. The van der Waals surface area contributed by atoms with Gasteiger partial charge >= 0.3 is 5.97 Å². The number of nitrogens with one attached hydrogen (secondary N) is 1. The normalized spacial score (nSPS) is 13.8. The van der Waals surface area contributed by atoms with Crippen molar-refractivity contribution in [3.05, 3.63) is 30.1 Å². The van der Waals surface area contributed by atoms with Crippen LogP contribution in [0.2, 0.25) is 0 Å². The summed E-state index contributed by atoms with van der Waals surface area (Å²) < 4.78 is 18.1. The van der Waals surface area contributed by atoms with Crippen LogP contribution in [0, 0.1) is 5.82 Å². The van der Waals surface area contributed by atoms with Crippen LogP contribution >= 0.6 is 0 Å². The second-order valence-corrected chi connectivity index (χ2v) is 4.97. The van der Waals surface area contributed by atoms with E-state index < -0.39 is 11.5 Å². The van der Waals surface area contributed by atoms with Gasteiger partial charge in [0.1, 0.15) is 17.1 Å². The molecule has 0 amide bonds. The van der Waals surface area contributed by atoms with Gasteiger partial charge in [-0.3, -0.25) is 4.79 Å². The second kappa shape index (κ2) is 7.85. The number of benzene rings is 1. The number of halogens is 1. The highest BCUT2D eigenvalue weighted by Gasteiger charge is 2.30. The van der Waals surface area contributed by atoms with Gasteiger partial charge in [-0.05, 0) is 50.6 Å². The van der Waals surface area contributed by atoms with Gasteiger partial charge in [-0.25, -0.2) is 4.39 Å². The SMILES string of the molecule is CCCC(C)(NCCCOc1ccc(F)cc1)C(=O)O. The van der Waals surface area contributed by atoms with E-state index in [1.54, 1.807) is 19.1 Å². The summed E-state index contributed by atoms with van der Waals surface area (Å²) in [4.78, 5) is 11.2. The van der Waals surface area contributed by atoms with Gasteiger partial charge in [0.05, 0.1) is 6.61 Å². The standard InChI is InChI=1S/C15H22FNO3/c1-3-9-15(2,14(18)19)17-10-4-11-20-13-7-5-12(16)6-8-13/h5-8,17H,3-4,9-11H2,1-2H3,(H,18,19). The van der Waals surface area contributed by atoms with E-state index in [1.807, 2.05) is 6.92 Å². The predicted octanol–water partition coefficient (Wildman–Crippen LogP) is 2.83. The molecule has 1 aromatic carbocycles. The van der Waals surface area contributed by atoms with Gasteiger partial charge in [0.25, 0.3) is 0 Å². The zero-order valence-corrected chi connectivity index (χ0v) is 12.0. The Morgan fingerprint density at radius 1 is 1.40 bits per heavy atom. The quantitative estimate of drug-likeness (QED) is 0.684. The second-order valence-electron chi connectivity index (χ2n) is 4.97.